The van der Waals surface area contributed by atoms with Gasteiger partial charge in [-0.25, -0.2) is 9.97 Å². The highest BCUT2D eigenvalue weighted by Crippen LogP contribution is 2.29. The van der Waals surface area contributed by atoms with Crippen molar-refractivity contribution in [2.75, 3.05) is 0 Å². The van der Waals surface area contributed by atoms with Crippen LogP contribution in [0.15, 0.2) is 35.5 Å². The lowest BCUT2D eigenvalue weighted by atomic mass is 9.95. The zero-order chi connectivity index (χ0) is 24.4. The average Bonchev–Trinajstić information content (AvgIpc) is 3.44. The highest BCUT2D eigenvalue weighted by Gasteiger charge is 2.25. The molecule has 5 rings (SSSR count). The van der Waals surface area contributed by atoms with Crippen LogP contribution in [-0.4, -0.2) is 46.6 Å². The molecule has 35 heavy (non-hydrogen) atoms. The molecule has 0 spiro atoms. The highest BCUT2D eigenvalue weighted by atomic mass is 32.2. The summed E-state index contributed by atoms with van der Waals surface area (Å²) in [5.74, 6) is 0.842. The van der Waals surface area contributed by atoms with Crippen LogP contribution in [0.1, 0.15) is 62.7 Å². The van der Waals surface area contributed by atoms with Crippen molar-refractivity contribution in [1.29, 1.82) is 0 Å². The van der Waals surface area contributed by atoms with Crippen molar-refractivity contribution in [2.45, 2.75) is 88.7 Å². The Kier molecular flexibility index (Phi) is 7.04. The van der Waals surface area contributed by atoms with E-state index >= 15 is 0 Å². The first-order chi connectivity index (χ1) is 17.0. The molecular formula is C26H33N7OS. The van der Waals surface area contributed by atoms with Crippen molar-refractivity contribution in [2.24, 2.45) is 0 Å². The molecule has 1 aliphatic carbocycles. The minimum absolute atomic E-state index is 0.0948. The number of benzene rings is 1. The minimum Gasteiger partial charge on any atom is -0.352 e. The Hall–Kier alpha value is -2.94. The van der Waals surface area contributed by atoms with Gasteiger partial charge in [0.2, 0.25) is 5.91 Å². The van der Waals surface area contributed by atoms with E-state index < -0.39 is 0 Å². The predicted molar refractivity (Wildman–Crippen MR) is 139 cm³/mol. The molecule has 3 heterocycles. The van der Waals surface area contributed by atoms with Crippen molar-refractivity contribution in [3.05, 3.63) is 47.5 Å². The monoisotopic (exact) mass is 491 g/mol. The van der Waals surface area contributed by atoms with Crippen molar-refractivity contribution >= 4 is 34.2 Å². The Morgan fingerprint density at radius 1 is 1.14 bits per heavy atom. The van der Waals surface area contributed by atoms with Gasteiger partial charge in [0.1, 0.15) is 0 Å². The van der Waals surface area contributed by atoms with E-state index in [1.165, 1.54) is 31.0 Å². The van der Waals surface area contributed by atoms with Crippen LogP contribution < -0.4 is 5.32 Å². The fourth-order valence-corrected chi connectivity index (χ4v) is 5.83. The van der Waals surface area contributed by atoms with Crippen LogP contribution in [0.3, 0.4) is 0 Å². The molecule has 1 aliphatic rings. The minimum atomic E-state index is -0.226. The molecule has 0 radical (unpaired) electrons. The first-order valence-electron chi connectivity index (χ1n) is 12.6. The van der Waals surface area contributed by atoms with Crippen LogP contribution in [-0.2, 0) is 17.8 Å². The molecule has 9 heteroatoms. The third-order valence-electron chi connectivity index (χ3n) is 6.71. The van der Waals surface area contributed by atoms with Crippen LogP contribution in [0.2, 0.25) is 0 Å². The first-order valence-corrected chi connectivity index (χ1v) is 13.5. The number of aromatic nitrogens is 6. The number of hydrogen-bond acceptors (Lipinski definition) is 6. The number of carbonyl (C=O) groups is 1. The second-order valence-corrected chi connectivity index (χ2v) is 10.6. The molecule has 8 nitrogen and oxygen atoms in total. The van der Waals surface area contributed by atoms with Gasteiger partial charge < -0.3 is 5.32 Å². The number of nitrogens with zero attached hydrogens (tertiary/aromatic N) is 6. The maximum Gasteiger partial charge on any atom is 0.233 e. The van der Waals surface area contributed by atoms with E-state index in [4.69, 9.17) is 15.1 Å². The molecule has 1 fully saturated rings. The zero-order valence-corrected chi connectivity index (χ0v) is 21.5. The molecule has 1 atom stereocenters. The fraction of sp³-hybridized carbons (Fsp3) is 0.500. The number of thioether (sulfide) groups is 1. The Balaban J connectivity index is 1.43. The summed E-state index contributed by atoms with van der Waals surface area (Å²) in [6, 6.07) is 10.4. The molecule has 1 N–H and O–H groups in total. The van der Waals surface area contributed by atoms with Gasteiger partial charge in [0.15, 0.2) is 16.6 Å². The quantitative estimate of drug-likeness (QED) is 0.285. The number of rotatable bonds is 8. The van der Waals surface area contributed by atoms with Crippen molar-refractivity contribution in [3.63, 3.8) is 0 Å². The number of hydrogen-bond donors (Lipinski definition) is 1. The third-order valence-corrected chi connectivity index (χ3v) is 8.01. The Morgan fingerprint density at radius 3 is 2.69 bits per heavy atom. The second-order valence-electron chi connectivity index (χ2n) is 9.43. The highest BCUT2D eigenvalue weighted by molar-refractivity contribution is 8.00. The molecule has 0 aliphatic heterocycles. The number of nitrogens with one attached hydrogen (secondary N) is 1. The Labute approximate surface area is 209 Å². The molecule has 1 amide bonds. The number of amides is 1. The van der Waals surface area contributed by atoms with E-state index in [0.29, 0.717) is 24.2 Å². The predicted octanol–water partition coefficient (Wildman–Crippen LogP) is 4.65. The molecule has 4 aromatic rings. The second kappa shape index (κ2) is 10.4. The largest absolute Gasteiger partial charge is 0.352 e. The maximum atomic E-state index is 13.1. The fourth-order valence-electron chi connectivity index (χ4n) is 4.85. The smallest absolute Gasteiger partial charge is 0.233 e. The van der Waals surface area contributed by atoms with Gasteiger partial charge in [-0.15, -0.1) is 5.10 Å². The maximum absolute atomic E-state index is 13.1. The lowest BCUT2D eigenvalue weighted by molar-refractivity contribution is -0.121. The van der Waals surface area contributed by atoms with E-state index in [1.54, 1.807) is 0 Å². The van der Waals surface area contributed by atoms with Crippen LogP contribution in [0.5, 0.6) is 0 Å². The van der Waals surface area contributed by atoms with Gasteiger partial charge in [-0.3, -0.25) is 9.48 Å². The molecular weight excluding hydrogens is 458 g/mol. The SMILES string of the molecule is CC[C@@H](Sc1nc2ccccc2c2nc(CCn3nc(C)cc3C)nn12)C(=O)NC1CCCCC1. The van der Waals surface area contributed by atoms with Gasteiger partial charge in [-0.05, 0) is 51.3 Å². The van der Waals surface area contributed by atoms with E-state index in [2.05, 4.69) is 30.3 Å². The summed E-state index contributed by atoms with van der Waals surface area (Å²) >= 11 is 1.48. The number of aryl methyl sites for hydroxylation is 4. The van der Waals surface area contributed by atoms with Gasteiger partial charge in [0.05, 0.1) is 16.5 Å². The normalized spacial score (nSPS) is 15.6. The molecule has 0 bridgehead atoms. The summed E-state index contributed by atoms with van der Waals surface area (Å²) < 4.78 is 3.82. The Bertz CT molecular complexity index is 1340. The molecule has 0 unspecified atom stereocenters. The third kappa shape index (κ3) is 5.19. The number of para-hydroxylation sites is 1. The lowest BCUT2D eigenvalue weighted by Crippen LogP contribution is -2.41. The van der Waals surface area contributed by atoms with E-state index in [1.807, 2.05) is 40.4 Å². The van der Waals surface area contributed by atoms with Gasteiger partial charge in [0.25, 0.3) is 0 Å². The lowest BCUT2D eigenvalue weighted by Gasteiger charge is -2.25. The number of carbonyl (C=O) groups excluding carboxylic acids is 1. The molecule has 3 aromatic heterocycles. The topological polar surface area (TPSA) is 90.0 Å². The molecule has 184 valence electrons. The Morgan fingerprint density at radius 2 is 1.94 bits per heavy atom. The van der Waals surface area contributed by atoms with E-state index in [9.17, 15) is 4.79 Å². The zero-order valence-electron chi connectivity index (χ0n) is 20.7. The summed E-state index contributed by atoms with van der Waals surface area (Å²) in [4.78, 5) is 22.9. The van der Waals surface area contributed by atoms with Gasteiger partial charge in [0, 0.05) is 30.1 Å². The van der Waals surface area contributed by atoms with E-state index in [-0.39, 0.29) is 11.2 Å². The van der Waals surface area contributed by atoms with Crippen molar-refractivity contribution in [1.82, 2.24) is 34.7 Å². The number of fused-ring (bicyclic) bond motifs is 3. The van der Waals surface area contributed by atoms with Gasteiger partial charge >= 0.3 is 0 Å². The summed E-state index contributed by atoms with van der Waals surface area (Å²) in [6.45, 7) is 6.83. The van der Waals surface area contributed by atoms with Crippen LogP contribution in [0, 0.1) is 13.8 Å². The summed E-state index contributed by atoms with van der Waals surface area (Å²) in [7, 11) is 0. The first kappa shape index (κ1) is 23.8. The molecule has 0 saturated heterocycles. The van der Waals surface area contributed by atoms with Gasteiger partial charge in [-0.2, -0.15) is 9.61 Å². The van der Waals surface area contributed by atoms with Crippen molar-refractivity contribution in [3.8, 4) is 0 Å². The molecule has 1 aromatic carbocycles. The van der Waals surface area contributed by atoms with Crippen LogP contribution in [0.25, 0.3) is 16.6 Å². The summed E-state index contributed by atoms with van der Waals surface area (Å²) in [6.07, 6.45) is 7.20. The van der Waals surface area contributed by atoms with E-state index in [0.717, 1.165) is 53.0 Å². The molecule has 1 saturated carbocycles. The van der Waals surface area contributed by atoms with Crippen molar-refractivity contribution < 1.29 is 4.79 Å². The van der Waals surface area contributed by atoms with Gasteiger partial charge in [-0.1, -0.05) is 50.1 Å². The standard InChI is InChI=1S/C26H33N7OS/c1-4-22(25(34)27-19-10-6-5-7-11-19)35-26-28-21-13-9-8-12-20(21)24-29-23(31-33(24)26)14-15-32-18(3)16-17(2)30-32/h8-9,12-13,16,19,22H,4-7,10-11,14-15H2,1-3H3,(H,27,34)/t22-/m1/s1. The van der Waals surface area contributed by atoms with Crippen LogP contribution >= 0.6 is 11.8 Å². The summed E-state index contributed by atoms with van der Waals surface area (Å²) in [5.41, 5.74) is 3.78. The average molecular weight is 492 g/mol. The summed E-state index contributed by atoms with van der Waals surface area (Å²) in [5, 5.41) is 14.1. The van der Waals surface area contributed by atoms with Crippen LogP contribution in [0.4, 0.5) is 0 Å².